The van der Waals surface area contributed by atoms with Crippen LogP contribution in [0, 0.1) is 0 Å². The van der Waals surface area contributed by atoms with Gasteiger partial charge in [0.2, 0.25) is 5.95 Å². The van der Waals surface area contributed by atoms with E-state index < -0.39 is 7.12 Å². The number of nitrogens with one attached hydrogen (secondary N) is 2. The summed E-state index contributed by atoms with van der Waals surface area (Å²) in [6.07, 6.45) is 6.30. The van der Waals surface area contributed by atoms with Crippen LogP contribution in [-0.4, -0.2) is 28.2 Å². The first-order valence-electron chi connectivity index (χ1n) is 8.28. The third kappa shape index (κ3) is 3.55. The summed E-state index contributed by atoms with van der Waals surface area (Å²) in [6.45, 7) is 0.321. The minimum atomic E-state index is -0.967. The minimum absolute atomic E-state index is 0.321. The first-order valence-corrected chi connectivity index (χ1v) is 9.04. The first kappa shape index (κ1) is 16.9. The second-order valence-corrected chi connectivity index (χ2v) is 7.15. The van der Waals surface area contributed by atoms with Crippen LogP contribution in [0.15, 0.2) is 18.3 Å². The molecule has 1 aromatic heterocycles. The van der Waals surface area contributed by atoms with Gasteiger partial charge in [-0.2, -0.15) is 4.98 Å². The van der Waals surface area contributed by atoms with Crippen molar-refractivity contribution >= 4 is 53.2 Å². The zero-order chi connectivity index (χ0) is 17.4. The second kappa shape index (κ2) is 7.00. The van der Waals surface area contributed by atoms with E-state index in [9.17, 15) is 5.02 Å². The van der Waals surface area contributed by atoms with Gasteiger partial charge in [-0.1, -0.05) is 36.0 Å². The van der Waals surface area contributed by atoms with E-state index in [0.29, 0.717) is 39.9 Å². The van der Waals surface area contributed by atoms with Crippen molar-refractivity contribution in [1.82, 2.24) is 9.97 Å². The molecule has 1 saturated carbocycles. The van der Waals surface area contributed by atoms with E-state index in [1.165, 1.54) is 12.8 Å². The maximum atomic E-state index is 9.77. The Morgan fingerprint density at radius 2 is 2.00 bits per heavy atom. The zero-order valence-corrected chi connectivity index (χ0v) is 14.9. The number of aromatic nitrogens is 2. The van der Waals surface area contributed by atoms with Crippen LogP contribution >= 0.6 is 23.2 Å². The summed E-state index contributed by atoms with van der Waals surface area (Å²) in [4.78, 5) is 8.71. The van der Waals surface area contributed by atoms with E-state index in [1.54, 1.807) is 12.3 Å². The predicted molar refractivity (Wildman–Crippen MR) is 100 cm³/mol. The summed E-state index contributed by atoms with van der Waals surface area (Å²) >= 11 is 12.5. The Labute approximate surface area is 156 Å². The van der Waals surface area contributed by atoms with E-state index in [1.807, 2.05) is 6.07 Å². The Morgan fingerprint density at radius 1 is 1.20 bits per heavy atom. The van der Waals surface area contributed by atoms with Gasteiger partial charge in [0.1, 0.15) is 5.02 Å². The molecule has 9 heteroatoms. The van der Waals surface area contributed by atoms with Crippen molar-refractivity contribution in [2.45, 2.75) is 38.3 Å². The standard InChI is InChI=1S/C16H17BCl2N4O2/c18-12-6-11(5-9-8-25-17(24)14(9)12)22-16-20-7-13(19)15(23-16)21-10-3-1-2-4-10/h5-7,10,24H,1-4,8H2,(H2,20,21,22,23). The molecular formula is C16H17BCl2N4O2. The lowest BCUT2D eigenvalue weighted by molar-refractivity contribution is 0.275. The van der Waals surface area contributed by atoms with Crippen LogP contribution in [0.2, 0.25) is 10.0 Å². The molecule has 1 fully saturated rings. The number of hydrogen-bond acceptors (Lipinski definition) is 6. The van der Waals surface area contributed by atoms with Crippen LogP contribution in [0.4, 0.5) is 17.5 Å². The number of halogens is 2. The molecule has 1 aliphatic heterocycles. The molecule has 25 heavy (non-hydrogen) atoms. The average Bonchev–Trinajstić information content (AvgIpc) is 3.21. The molecule has 3 N–H and O–H groups in total. The lowest BCUT2D eigenvalue weighted by Gasteiger charge is -2.15. The van der Waals surface area contributed by atoms with Gasteiger partial charge in [-0.05, 0) is 30.5 Å². The van der Waals surface area contributed by atoms with Gasteiger partial charge in [-0.15, -0.1) is 0 Å². The highest BCUT2D eigenvalue weighted by atomic mass is 35.5. The Balaban J connectivity index is 1.56. The lowest BCUT2D eigenvalue weighted by Crippen LogP contribution is -2.29. The van der Waals surface area contributed by atoms with E-state index in [4.69, 9.17) is 27.9 Å². The van der Waals surface area contributed by atoms with Crippen molar-refractivity contribution < 1.29 is 9.68 Å². The number of nitrogens with zero attached hydrogens (tertiary/aromatic N) is 2. The Hall–Kier alpha value is -1.54. The van der Waals surface area contributed by atoms with Crippen molar-refractivity contribution in [3.05, 3.63) is 33.9 Å². The van der Waals surface area contributed by atoms with Crippen LogP contribution in [0.5, 0.6) is 0 Å². The monoisotopic (exact) mass is 378 g/mol. The highest BCUT2D eigenvalue weighted by Crippen LogP contribution is 2.28. The van der Waals surface area contributed by atoms with E-state index in [2.05, 4.69) is 20.6 Å². The highest BCUT2D eigenvalue weighted by molar-refractivity contribution is 6.65. The van der Waals surface area contributed by atoms with Gasteiger partial charge < -0.3 is 20.3 Å². The molecule has 0 spiro atoms. The van der Waals surface area contributed by atoms with Crippen LogP contribution in [-0.2, 0) is 11.3 Å². The van der Waals surface area contributed by atoms with Crippen molar-refractivity contribution in [2.24, 2.45) is 0 Å². The number of rotatable bonds is 4. The molecule has 0 atom stereocenters. The Morgan fingerprint density at radius 3 is 2.80 bits per heavy atom. The van der Waals surface area contributed by atoms with Crippen molar-refractivity contribution in [3.8, 4) is 0 Å². The van der Waals surface area contributed by atoms with E-state index in [-0.39, 0.29) is 0 Å². The van der Waals surface area contributed by atoms with Crippen LogP contribution in [0.3, 0.4) is 0 Å². The van der Waals surface area contributed by atoms with Crippen LogP contribution in [0.1, 0.15) is 31.2 Å². The van der Waals surface area contributed by atoms with Gasteiger partial charge in [-0.25, -0.2) is 4.98 Å². The SMILES string of the molecule is OB1OCc2cc(Nc3ncc(Cl)c(NC4CCCC4)n3)cc(Cl)c21. The second-order valence-electron chi connectivity index (χ2n) is 6.34. The fourth-order valence-electron chi connectivity index (χ4n) is 3.32. The summed E-state index contributed by atoms with van der Waals surface area (Å²) < 4.78 is 5.20. The maximum Gasteiger partial charge on any atom is 0.493 e. The molecule has 130 valence electrons. The topological polar surface area (TPSA) is 79.3 Å². The molecule has 6 nitrogen and oxygen atoms in total. The van der Waals surface area contributed by atoms with Gasteiger partial charge in [0.25, 0.3) is 0 Å². The number of benzene rings is 1. The molecule has 0 saturated heterocycles. The molecule has 2 aromatic rings. The quantitative estimate of drug-likeness (QED) is 0.709. The molecule has 0 amide bonds. The van der Waals surface area contributed by atoms with E-state index in [0.717, 1.165) is 24.1 Å². The molecule has 0 unspecified atom stereocenters. The van der Waals surface area contributed by atoms with Crippen molar-refractivity contribution in [1.29, 1.82) is 0 Å². The van der Waals surface area contributed by atoms with Gasteiger partial charge in [0, 0.05) is 22.2 Å². The average molecular weight is 379 g/mol. The predicted octanol–water partition coefficient (Wildman–Crippen LogP) is 3.10. The summed E-state index contributed by atoms with van der Waals surface area (Å²) in [7, 11) is -0.967. The number of fused-ring (bicyclic) bond motifs is 1. The Kier molecular flexibility index (Phi) is 4.73. The summed E-state index contributed by atoms with van der Waals surface area (Å²) in [5, 5.41) is 17.3. The van der Waals surface area contributed by atoms with Gasteiger partial charge in [0.05, 0.1) is 12.8 Å². The summed E-state index contributed by atoms with van der Waals surface area (Å²) in [6, 6.07) is 4.01. The number of hydrogen-bond donors (Lipinski definition) is 3. The highest BCUT2D eigenvalue weighted by Gasteiger charge is 2.30. The fourth-order valence-corrected chi connectivity index (χ4v) is 3.79. The minimum Gasteiger partial charge on any atom is -0.423 e. The molecule has 2 aliphatic rings. The smallest absolute Gasteiger partial charge is 0.423 e. The zero-order valence-electron chi connectivity index (χ0n) is 13.4. The largest absolute Gasteiger partial charge is 0.493 e. The molecule has 4 rings (SSSR count). The molecule has 0 radical (unpaired) electrons. The number of anilines is 3. The molecule has 0 bridgehead atoms. The third-order valence-corrected chi connectivity index (χ3v) is 5.14. The van der Waals surface area contributed by atoms with E-state index >= 15 is 0 Å². The summed E-state index contributed by atoms with van der Waals surface area (Å²) in [5.41, 5.74) is 2.20. The van der Waals surface area contributed by atoms with Gasteiger partial charge in [-0.3, -0.25) is 0 Å². The fraction of sp³-hybridized carbons (Fsp3) is 0.375. The van der Waals surface area contributed by atoms with Crippen molar-refractivity contribution in [2.75, 3.05) is 10.6 Å². The van der Waals surface area contributed by atoms with Gasteiger partial charge in [0.15, 0.2) is 5.82 Å². The first-order chi connectivity index (χ1) is 12.1. The molecule has 2 heterocycles. The lowest BCUT2D eigenvalue weighted by atomic mass is 9.79. The third-order valence-electron chi connectivity index (χ3n) is 4.56. The molecular weight excluding hydrogens is 362 g/mol. The molecule has 1 aliphatic carbocycles. The summed E-state index contributed by atoms with van der Waals surface area (Å²) in [5.74, 6) is 1.07. The maximum absolute atomic E-state index is 9.77. The van der Waals surface area contributed by atoms with Gasteiger partial charge >= 0.3 is 7.12 Å². The van der Waals surface area contributed by atoms with Crippen LogP contribution < -0.4 is 16.1 Å². The Bertz CT molecular complexity index is 802. The van der Waals surface area contributed by atoms with Crippen LogP contribution in [0.25, 0.3) is 0 Å². The van der Waals surface area contributed by atoms with Crippen molar-refractivity contribution in [3.63, 3.8) is 0 Å². The molecule has 1 aromatic carbocycles. The normalized spacial score (nSPS) is 17.0.